The van der Waals surface area contributed by atoms with Crippen molar-refractivity contribution in [2.24, 2.45) is 0 Å². The maximum absolute atomic E-state index is 13.1. The van der Waals surface area contributed by atoms with E-state index in [0.717, 1.165) is 24.3 Å². The molecule has 5 heteroatoms. The lowest BCUT2D eigenvalue weighted by Crippen LogP contribution is -2.39. The minimum absolute atomic E-state index is 0.0677. The van der Waals surface area contributed by atoms with Crippen LogP contribution in [0, 0.1) is 0 Å². The van der Waals surface area contributed by atoms with Gasteiger partial charge in [0.05, 0.1) is 30.1 Å². The van der Waals surface area contributed by atoms with Crippen LogP contribution in [0.2, 0.25) is 0 Å². The van der Waals surface area contributed by atoms with Crippen LogP contribution in [-0.4, -0.2) is 40.8 Å². The van der Waals surface area contributed by atoms with Crippen molar-refractivity contribution in [2.45, 2.75) is 63.6 Å². The quantitative estimate of drug-likeness (QED) is 0.823. The summed E-state index contributed by atoms with van der Waals surface area (Å²) >= 11 is 0. The Morgan fingerprint density at radius 3 is 2.73 bits per heavy atom. The number of likely N-dealkylation sites (tertiary alicyclic amines) is 1. The van der Waals surface area contributed by atoms with Gasteiger partial charge in [0, 0.05) is 13.2 Å². The summed E-state index contributed by atoms with van der Waals surface area (Å²) in [6.45, 7) is 2.23. The van der Waals surface area contributed by atoms with E-state index in [1.807, 2.05) is 28.8 Å². The third-order valence-corrected chi connectivity index (χ3v) is 6.05. The summed E-state index contributed by atoms with van der Waals surface area (Å²) in [5.41, 5.74) is 0.884. The van der Waals surface area contributed by atoms with Crippen molar-refractivity contribution in [3.05, 3.63) is 40.4 Å². The van der Waals surface area contributed by atoms with Gasteiger partial charge in [-0.15, -0.1) is 0 Å². The molecule has 1 saturated carbocycles. The molecule has 1 atom stereocenters. The number of fused-ring (bicyclic) bond motifs is 1. The minimum atomic E-state index is 0.0677. The standard InChI is InChI=1S/C21H29N3O2/c1-26-15-14-24-20(22-18-11-6-5-10-17(18)21(24)25)19-12-7-13-23(19)16-8-3-2-4-9-16/h5-6,10-11,16,19H,2-4,7-9,12-15H2,1H3. The van der Waals surface area contributed by atoms with E-state index in [9.17, 15) is 4.79 Å². The van der Waals surface area contributed by atoms with Gasteiger partial charge < -0.3 is 4.74 Å². The largest absolute Gasteiger partial charge is 0.383 e. The lowest BCUT2D eigenvalue weighted by atomic mass is 9.93. The topological polar surface area (TPSA) is 47.4 Å². The van der Waals surface area contributed by atoms with E-state index in [2.05, 4.69) is 4.90 Å². The molecule has 0 radical (unpaired) electrons. The Labute approximate surface area is 155 Å². The number of nitrogens with zero attached hydrogens (tertiary/aromatic N) is 3. The Morgan fingerprint density at radius 1 is 1.12 bits per heavy atom. The highest BCUT2D eigenvalue weighted by Crippen LogP contribution is 2.37. The molecule has 140 valence electrons. The van der Waals surface area contributed by atoms with Gasteiger partial charge in [-0.3, -0.25) is 14.3 Å². The van der Waals surface area contributed by atoms with Crippen molar-refractivity contribution in [1.82, 2.24) is 14.5 Å². The molecule has 5 nitrogen and oxygen atoms in total. The highest BCUT2D eigenvalue weighted by Gasteiger charge is 2.35. The van der Waals surface area contributed by atoms with Crippen LogP contribution in [0.25, 0.3) is 10.9 Å². The van der Waals surface area contributed by atoms with Crippen LogP contribution in [0.5, 0.6) is 0 Å². The highest BCUT2D eigenvalue weighted by atomic mass is 16.5. The van der Waals surface area contributed by atoms with E-state index >= 15 is 0 Å². The number of para-hydroxylation sites is 1. The van der Waals surface area contributed by atoms with Gasteiger partial charge in [0.2, 0.25) is 0 Å². The zero-order chi connectivity index (χ0) is 17.9. The van der Waals surface area contributed by atoms with Crippen molar-refractivity contribution in [3.8, 4) is 0 Å². The minimum Gasteiger partial charge on any atom is -0.383 e. The molecule has 2 aliphatic rings. The summed E-state index contributed by atoms with van der Waals surface area (Å²) in [5.74, 6) is 0.939. The Kier molecular flexibility index (Phi) is 5.36. The van der Waals surface area contributed by atoms with E-state index in [4.69, 9.17) is 9.72 Å². The summed E-state index contributed by atoms with van der Waals surface area (Å²) in [5, 5.41) is 0.703. The van der Waals surface area contributed by atoms with Crippen molar-refractivity contribution < 1.29 is 4.74 Å². The molecule has 2 heterocycles. The van der Waals surface area contributed by atoms with Gasteiger partial charge in [-0.05, 0) is 44.4 Å². The van der Waals surface area contributed by atoms with Crippen LogP contribution >= 0.6 is 0 Å². The van der Waals surface area contributed by atoms with E-state index in [1.165, 1.54) is 38.5 Å². The number of rotatable bonds is 5. The SMILES string of the molecule is COCCn1c(C2CCCN2C2CCCCC2)nc2ccccc2c1=O. The molecule has 1 saturated heterocycles. The second kappa shape index (κ2) is 7.89. The molecule has 1 aliphatic carbocycles. The first-order valence-electron chi connectivity index (χ1n) is 10.0. The number of ether oxygens (including phenoxy) is 1. The van der Waals surface area contributed by atoms with Gasteiger partial charge in [-0.2, -0.15) is 0 Å². The van der Waals surface area contributed by atoms with Crippen molar-refractivity contribution in [3.63, 3.8) is 0 Å². The van der Waals surface area contributed by atoms with Crippen molar-refractivity contribution in [2.75, 3.05) is 20.3 Å². The monoisotopic (exact) mass is 355 g/mol. The fraction of sp³-hybridized carbons (Fsp3) is 0.619. The summed E-state index contributed by atoms with van der Waals surface area (Å²) < 4.78 is 7.15. The van der Waals surface area contributed by atoms with Gasteiger partial charge >= 0.3 is 0 Å². The molecule has 0 N–H and O–H groups in total. The second-order valence-electron chi connectivity index (χ2n) is 7.62. The van der Waals surface area contributed by atoms with E-state index < -0.39 is 0 Å². The Bertz CT molecular complexity index is 810. The Morgan fingerprint density at radius 2 is 1.92 bits per heavy atom. The number of hydrogen-bond acceptors (Lipinski definition) is 4. The molecule has 0 bridgehead atoms. The average molecular weight is 355 g/mol. The molecule has 4 rings (SSSR count). The van der Waals surface area contributed by atoms with Gasteiger partial charge in [-0.25, -0.2) is 4.98 Å². The third kappa shape index (κ3) is 3.30. The number of methoxy groups -OCH3 is 1. The van der Waals surface area contributed by atoms with Gasteiger partial charge in [-0.1, -0.05) is 31.4 Å². The maximum Gasteiger partial charge on any atom is 0.261 e. The highest BCUT2D eigenvalue weighted by molar-refractivity contribution is 5.77. The lowest BCUT2D eigenvalue weighted by molar-refractivity contribution is 0.131. The number of benzene rings is 1. The zero-order valence-corrected chi connectivity index (χ0v) is 15.7. The molecule has 0 amide bonds. The molecular formula is C21H29N3O2. The fourth-order valence-electron chi connectivity index (χ4n) is 4.75. The molecule has 2 aromatic rings. The summed E-state index contributed by atoms with van der Waals surface area (Å²) in [6.07, 6.45) is 8.87. The van der Waals surface area contributed by atoms with Crippen LogP contribution in [0.4, 0.5) is 0 Å². The third-order valence-electron chi connectivity index (χ3n) is 6.05. The molecule has 1 aromatic heterocycles. The van der Waals surface area contributed by atoms with Crippen molar-refractivity contribution in [1.29, 1.82) is 0 Å². The van der Waals surface area contributed by atoms with Gasteiger partial charge in [0.25, 0.3) is 5.56 Å². The molecule has 26 heavy (non-hydrogen) atoms. The predicted octanol–water partition coefficient (Wildman–Crippen LogP) is 3.51. The van der Waals surface area contributed by atoms with E-state index in [1.54, 1.807) is 7.11 Å². The normalized spacial score (nSPS) is 22.3. The maximum atomic E-state index is 13.1. The van der Waals surface area contributed by atoms with Gasteiger partial charge in [0.1, 0.15) is 5.82 Å². The summed E-state index contributed by atoms with van der Waals surface area (Å²) in [7, 11) is 1.68. The van der Waals surface area contributed by atoms with Crippen LogP contribution in [0.1, 0.15) is 56.8 Å². The molecule has 1 unspecified atom stereocenters. The fourth-order valence-corrected chi connectivity index (χ4v) is 4.75. The van der Waals surface area contributed by atoms with Crippen LogP contribution in [-0.2, 0) is 11.3 Å². The number of hydrogen-bond donors (Lipinski definition) is 0. The summed E-state index contributed by atoms with van der Waals surface area (Å²) in [4.78, 5) is 20.8. The van der Waals surface area contributed by atoms with E-state index in [-0.39, 0.29) is 11.6 Å². The van der Waals surface area contributed by atoms with E-state index in [0.29, 0.717) is 24.6 Å². The molecule has 0 spiro atoms. The second-order valence-corrected chi connectivity index (χ2v) is 7.62. The summed E-state index contributed by atoms with van der Waals surface area (Å²) in [6, 6.07) is 8.62. The molecular weight excluding hydrogens is 326 g/mol. The Hall–Kier alpha value is -1.72. The molecule has 2 fully saturated rings. The smallest absolute Gasteiger partial charge is 0.261 e. The average Bonchev–Trinajstić information content (AvgIpc) is 3.17. The first-order valence-corrected chi connectivity index (χ1v) is 10.0. The molecule has 1 aromatic carbocycles. The first kappa shape index (κ1) is 17.7. The van der Waals surface area contributed by atoms with Crippen LogP contribution in [0.15, 0.2) is 29.1 Å². The lowest BCUT2D eigenvalue weighted by Gasteiger charge is -2.36. The van der Waals surface area contributed by atoms with Crippen molar-refractivity contribution >= 4 is 10.9 Å². The zero-order valence-electron chi connectivity index (χ0n) is 15.7. The predicted molar refractivity (Wildman–Crippen MR) is 103 cm³/mol. The first-order chi connectivity index (χ1) is 12.8. The van der Waals surface area contributed by atoms with Crippen LogP contribution in [0.3, 0.4) is 0 Å². The number of aromatic nitrogens is 2. The van der Waals surface area contributed by atoms with Crippen LogP contribution < -0.4 is 5.56 Å². The van der Waals surface area contributed by atoms with Gasteiger partial charge in [0.15, 0.2) is 0 Å². The molecule has 1 aliphatic heterocycles. The Balaban J connectivity index is 1.76.